The number of benzene rings is 1. The number of nitrogens with zero attached hydrogens (tertiary/aromatic N) is 4. The van der Waals surface area contributed by atoms with Gasteiger partial charge in [0, 0.05) is 50.2 Å². The highest BCUT2D eigenvalue weighted by Crippen LogP contribution is 2.25. The summed E-state index contributed by atoms with van der Waals surface area (Å²) in [6.07, 6.45) is 3.67. The van der Waals surface area contributed by atoms with E-state index in [1.54, 1.807) is 0 Å². The quantitative estimate of drug-likeness (QED) is 0.765. The lowest BCUT2D eigenvalue weighted by atomic mass is 10.1. The standard InChI is InChI=1S/C18H21N5O/c24-11-10-22-6-8-23(9-7-22)15-3-1-2-14(12-15)17-13-20-18-16(21-17)4-5-19-18/h1-5,12-13,24H,6-11H2,(H,19,20). The summed E-state index contributed by atoms with van der Waals surface area (Å²) < 4.78 is 0. The monoisotopic (exact) mass is 323 g/mol. The number of β-amino-alcohol motifs (C(OH)–C–C–N with tert-alkyl or cyclic N) is 1. The van der Waals surface area contributed by atoms with E-state index in [1.807, 2.05) is 18.5 Å². The van der Waals surface area contributed by atoms with Gasteiger partial charge in [0.05, 0.1) is 18.5 Å². The maximum atomic E-state index is 9.05. The molecule has 1 fully saturated rings. The minimum Gasteiger partial charge on any atom is -0.395 e. The van der Waals surface area contributed by atoms with Crippen LogP contribution in [0.1, 0.15) is 0 Å². The predicted octanol–water partition coefficient (Wildman–Crippen LogP) is 1.74. The first-order valence-electron chi connectivity index (χ1n) is 8.32. The Hall–Kier alpha value is -2.44. The molecule has 1 aliphatic rings. The molecule has 1 saturated heterocycles. The van der Waals surface area contributed by atoms with Crippen LogP contribution in [0, 0.1) is 0 Å². The maximum absolute atomic E-state index is 9.05. The molecule has 6 nitrogen and oxygen atoms in total. The van der Waals surface area contributed by atoms with Crippen molar-refractivity contribution in [1.82, 2.24) is 19.9 Å². The van der Waals surface area contributed by atoms with Crippen molar-refractivity contribution in [3.8, 4) is 11.3 Å². The number of fused-ring (bicyclic) bond motifs is 1. The minimum absolute atomic E-state index is 0.232. The number of rotatable bonds is 4. The summed E-state index contributed by atoms with van der Waals surface area (Å²) in [6, 6.07) is 10.4. The second-order valence-electron chi connectivity index (χ2n) is 6.07. The molecule has 2 aromatic heterocycles. The Morgan fingerprint density at radius 2 is 2.00 bits per heavy atom. The number of aliphatic hydroxyl groups is 1. The topological polar surface area (TPSA) is 68.3 Å². The van der Waals surface area contributed by atoms with Crippen LogP contribution in [-0.4, -0.2) is 64.3 Å². The average molecular weight is 323 g/mol. The lowest BCUT2D eigenvalue weighted by molar-refractivity contribution is 0.189. The van der Waals surface area contributed by atoms with Crippen molar-refractivity contribution in [3.05, 3.63) is 42.7 Å². The Bertz CT molecular complexity index is 823. The number of nitrogens with one attached hydrogen (secondary N) is 1. The molecular weight excluding hydrogens is 302 g/mol. The Morgan fingerprint density at radius 1 is 1.12 bits per heavy atom. The van der Waals surface area contributed by atoms with Crippen LogP contribution in [0.25, 0.3) is 22.4 Å². The largest absolute Gasteiger partial charge is 0.395 e. The molecule has 6 heteroatoms. The van der Waals surface area contributed by atoms with Crippen molar-refractivity contribution in [3.63, 3.8) is 0 Å². The zero-order chi connectivity index (χ0) is 16.4. The Balaban J connectivity index is 1.55. The Labute approximate surface area is 140 Å². The SMILES string of the molecule is OCCN1CCN(c2cccc(-c3cnc4[nH]ccc4n3)c2)CC1. The molecule has 2 N–H and O–H groups in total. The van der Waals surface area contributed by atoms with E-state index in [0.717, 1.165) is 55.1 Å². The van der Waals surface area contributed by atoms with E-state index in [9.17, 15) is 0 Å². The summed E-state index contributed by atoms with van der Waals surface area (Å²) in [5.74, 6) is 0. The fourth-order valence-corrected chi connectivity index (χ4v) is 3.20. The molecule has 3 heterocycles. The molecule has 0 radical (unpaired) electrons. The normalized spacial score (nSPS) is 16.0. The zero-order valence-corrected chi connectivity index (χ0v) is 13.5. The van der Waals surface area contributed by atoms with Crippen molar-refractivity contribution in [2.45, 2.75) is 0 Å². The lowest BCUT2D eigenvalue weighted by Gasteiger charge is -2.35. The van der Waals surface area contributed by atoms with E-state index in [0.29, 0.717) is 0 Å². The van der Waals surface area contributed by atoms with Crippen LogP contribution < -0.4 is 4.90 Å². The third-order valence-electron chi connectivity index (χ3n) is 4.56. The second kappa shape index (κ2) is 6.59. The third-order valence-corrected chi connectivity index (χ3v) is 4.56. The van der Waals surface area contributed by atoms with Crippen molar-refractivity contribution in [2.24, 2.45) is 0 Å². The summed E-state index contributed by atoms with van der Waals surface area (Å²) in [5, 5.41) is 9.05. The van der Waals surface area contributed by atoms with Crippen LogP contribution in [0.2, 0.25) is 0 Å². The molecule has 24 heavy (non-hydrogen) atoms. The van der Waals surface area contributed by atoms with Crippen LogP contribution in [0.5, 0.6) is 0 Å². The van der Waals surface area contributed by atoms with E-state index in [4.69, 9.17) is 5.11 Å². The van der Waals surface area contributed by atoms with Gasteiger partial charge in [0.2, 0.25) is 0 Å². The minimum atomic E-state index is 0.232. The molecule has 0 saturated carbocycles. The van der Waals surface area contributed by atoms with Crippen molar-refractivity contribution < 1.29 is 5.11 Å². The molecule has 3 aromatic rings. The van der Waals surface area contributed by atoms with Gasteiger partial charge >= 0.3 is 0 Å². The van der Waals surface area contributed by atoms with E-state index < -0.39 is 0 Å². The third kappa shape index (κ3) is 2.98. The van der Waals surface area contributed by atoms with Gasteiger partial charge in [-0.25, -0.2) is 9.97 Å². The number of H-pyrrole nitrogens is 1. The van der Waals surface area contributed by atoms with Gasteiger partial charge in [-0.05, 0) is 18.2 Å². The molecule has 0 amide bonds. The van der Waals surface area contributed by atoms with Crippen molar-refractivity contribution in [2.75, 3.05) is 44.2 Å². The number of aromatic amines is 1. The highest BCUT2D eigenvalue weighted by atomic mass is 16.3. The second-order valence-corrected chi connectivity index (χ2v) is 6.07. The van der Waals surface area contributed by atoms with Crippen LogP contribution in [-0.2, 0) is 0 Å². The number of hydrogen-bond acceptors (Lipinski definition) is 5. The molecule has 0 unspecified atom stereocenters. The average Bonchev–Trinajstić information content (AvgIpc) is 3.10. The van der Waals surface area contributed by atoms with E-state index in [1.165, 1.54) is 5.69 Å². The van der Waals surface area contributed by atoms with E-state index in [-0.39, 0.29) is 6.61 Å². The molecule has 0 bridgehead atoms. The smallest absolute Gasteiger partial charge is 0.156 e. The van der Waals surface area contributed by atoms with Crippen LogP contribution in [0.3, 0.4) is 0 Å². The summed E-state index contributed by atoms with van der Waals surface area (Å²) in [7, 11) is 0. The van der Waals surface area contributed by atoms with Gasteiger partial charge in [-0.15, -0.1) is 0 Å². The summed E-state index contributed by atoms with van der Waals surface area (Å²) in [6.45, 7) is 4.92. The summed E-state index contributed by atoms with van der Waals surface area (Å²) in [4.78, 5) is 16.9. The molecule has 1 aliphatic heterocycles. The van der Waals surface area contributed by atoms with Crippen molar-refractivity contribution >= 4 is 16.9 Å². The number of aromatic nitrogens is 3. The van der Waals surface area contributed by atoms with Crippen LogP contribution in [0.4, 0.5) is 5.69 Å². The highest BCUT2D eigenvalue weighted by molar-refractivity contribution is 5.75. The molecule has 0 atom stereocenters. The fourth-order valence-electron chi connectivity index (χ4n) is 3.20. The number of hydrogen-bond donors (Lipinski definition) is 2. The maximum Gasteiger partial charge on any atom is 0.156 e. The highest BCUT2D eigenvalue weighted by Gasteiger charge is 2.17. The van der Waals surface area contributed by atoms with Gasteiger partial charge in [-0.3, -0.25) is 4.90 Å². The van der Waals surface area contributed by atoms with Gasteiger partial charge in [0.15, 0.2) is 5.65 Å². The number of anilines is 1. The first kappa shape index (κ1) is 15.1. The Kier molecular flexibility index (Phi) is 4.15. The number of piperazine rings is 1. The van der Waals surface area contributed by atoms with E-state index in [2.05, 4.69) is 49.0 Å². The molecule has 0 spiro atoms. The number of aliphatic hydroxyl groups excluding tert-OH is 1. The van der Waals surface area contributed by atoms with Gasteiger partial charge in [-0.1, -0.05) is 12.1 Å². The van der Waals surface area contributed by atoms with E-state index >= 15 is 0 Å². The van der Waals surface area contributed by atoms with Crippen LogP contribution in [0.15, 0.2) is 42.7 Å². The zero-order valence-electron chi connectivity index (χ0n) is 13.5. The summed E-state index contributed by atoms with van der Waals surface area (Å²) in [5.41, 5.74) is 4.89. The van der Waals surface area contributed by atoms with Gasteiger partial charge in [0.25, 0.3) is 0 Å². The fraction of sp³-hybridized carbons (Fsp3) is 0.333. The molecular formula is C18H21N5O. The van der Waals surface area contributed by atoms with Gasteiger partial charge < -0.3 is 15.0 Å². The first-order chi connectivity index (χ1) is 11.8. The van der Waals surface area contributed by atoms with Crippen molar-refractivity contribution in [1.29, 1.82) is 0 Å². The summed E-state index contributed by atoms with van der Waals surface area (Å²) >= 11 is 0. The first-order valence-corrected chi connectivity index (χ1v) is 8.32. The molecule has 0 aliphatic carbocycles. The predicted molar refractivity (Wildman–Crippen MR) is 95.1 cm³/mol. The molecule has 124 valence electrons. The lowest BCUT2D eigenvalue weighted by Crippen LogP contribution is -2.47. The molecule has 1 aromatic carbocycles. The van der Waals surface area contributed by atoms with Gasteiger partial charge in [0.1, 0.15) is 5.52 Å². The Morgan fingerprint density at radius 3 is 2.83 bits per heavy atom. The van der Waals surface area contributed by atoms with Gasteiger partial charge in [-0.2, -0.15) is 0 Å². The van der Waals surface area contributed by atoms with Crippen LogP contribution >= 0.6 is 0 Å². The molecule has 4 rings (SSSR count).